The van der Waals surface area contributed by atoms with Gasteiger partial charge in [-0.05, 0) is 35.7 Å². The molecule has 3 rings (SSSR count). The molecule has 124 valence electrons. The molecular formula is C21H18N2O2. The highest BCUT2D eigenvalue weighted by Gasteiger charge is 2.22. The summed E-state index contributed by atoms with van der Waals surface area (Å²) in [7, 11) is 0. The van der Waals surface area contributed by atoms with Crippen molar-refractivity contribution in [1.29, 1.82) is 0 Å². The van der Waals surface area contributed by atoms with Crippen LogP contribution in [0.2, 0.25) is 0 Å². The number of carbonyl (C=O) groups excluding carboxylic acids is 2. The molecule has 0 saturated carbocycles. The summed E-state index contributed by atoms with van der Waals surface area (Å²) in [6.07, 6.45) is 3.67. The van der Waals surface area contributed by atoms with Gasteiger partial charge in [0.25, 0.3) is 0 Å². The largest absolute Gasteiger partial charge is 0.292 e. The summed E-state index contributed by atoms with van der Waals surface area (Å²) in [5.41, 5.74) is 1.82. The van der Waals surface area contributed by atoms with Crippen LogP contribution in [0.3, 0.4) is 0 Å². The van der Waals surface area contributed by atoms with Gasteiger partial charge in [0.1, 0.15) is 11.4 Å². The lowest BCUT2D eigenvalue weighted by molar-refractivity contribution is 0.0939. The maximum absolute atomic E-state index is 12.6. The molecule has 2 aromatic heterocycles. The number of nitrogens with zero attached hydrogens (tertiary/aromatic N) is 2. The first kappa shape index (κ1) is 16.7. The molecule has 0 unspecified atom stereocenters. The number of rotatable bonds is 7. The molecule has 0 radical (unpaired) electrons. The fourth-order valence-electron chi connectivity index (χ4n) is 2.75. The lowest BCUT2D eigenvalue weighted by atomic mass is 9.88. The molecule has 4 heteroatoms. The molecule has 4 nitrogen and oxygen atoms in total. The van der Waals surface area contributed by atoms with Gasteiger partial charge in [0.2, 0.25) is 0 Å². The summed E-state index contributed by atoms with van der Waals surface area (Å²) >= 11 is 0. The molecule has 0 fully saturated rings. The summed E-state index contributed by atoms with van der Waals surface area (Å²) in [6, 6.07) is 20.2. The number of carbonyl (C=O) groups is 2. The minimum atomic E-state index is -0.204. The predicted molar refractivity (Wildman–Crippen MR) is 95.6 cm³/mol. The van der Waals surface area contributed by atoms with Crippen LogP contribution in [0, 0.1) is 0 Å². The smallest absolute Gasteiger partial charge is 0.181 e. The molecular weight excluding hydrogens is 312 g/mol. The summed E-state index contributed by atoms with van der Waals surface area (Å²) in [4.78, 5) is 33.3. The maximum Gasteiger partial charge on any atom is 0.181 e. The van der Waals surface area contributed by atoms with Crippen LogP contribution in [-0.2, 0) is 0 Å². The Balaban J connectivity index is 1.81. The molecule has 0 spiro atoms. The van der Waals surface area contributed by atoms with Gasteiger partial charge in [0.15, 0.2) is 11.6 Å². The number of hydrogen-bond donors (Lipinski definition) is 0. The van der Waals surface area contributed by atoms with Crippen molar-refractivity contribution in [2.45, 2.75) is 18.8 Å². The molecule has 0 aliphatic rings. The van der Waals surface area contributed by atoms with Gasteiger partial charge in [-0.3, -0.25) is 19.6 Å². The average molecular weight is 330 g/mol. The van der Waals surface area contributed by atoms with E-state index in [0.717, 1.165) is 5.56 Å². The number of benzene rings is 1. The lowest BCUT2D eigenvalue weighted by Crippen LogP contribution is -2.14. The highest BCUT2D eigenvalue weighted by atomic mass is 16.1. The van der Waals surface area contributed by atoms with Crippen LogP contribution in [-0.4, -0.2) is 21.5 Å². The number of Topliss-reactive ketones (excluding diaryl/α,β-unsaturated/α-hetero) is 2. The molecule has 3 aromatic rings. The zero-order valence-corrected chi connectivity index (χ0v) is 13.7. The van der Waals surface area contributed by atoms with Crippen molar-refractivity contribution in [2.75, 3.05) is 0 Å². The molecule has 0 bridgehead atoms. The SMILES string of the molecule is O=C(CC(CC(=O)c1ccccn1)c1ccccc1)c1ccccn1. The monoisotopic (exact) mass is 330 g/mol. The van der Waals surface area contributed by atoms with E-state index in [9.17, 15) is 9.59 Å². The van der Waals surface area contributed by atoms with Crippen molar-refractivity contribution in [2.24, 2.45) is 0 Å². The molecule has 1 aromatic carbocycles. The van der Waals surface area contributed by atoms with E-state index >= 15 is 0 Å². The van der Waals surface area contributed by atoms with E-state index in [-0.39, 0.29) is 30.3 Å². The second kappa shape index (κ2) is 8.11. The Morgan fingerprint density at radius 3 is 1.60 bits per heavy atom. The third-order valence-electron chi connectivity index (χ3n) is 4.04. The van der Waals surface area contributed by atoms with Crippen LogP contribution in [0.25, 0.3) is 0 Å². The van der Waals surface area contributed by atoms with Gasteiger partial charge >= 0.3 is 0 Å². The van der Waals surface area contributed by atoms with Crippen molar-refractivity contribution in [1.82, 2.24) is 9.97 Å². The van der Waals surface area contributed by atoms with Crippen LogP contribution in [0.5, 0.6) is 0 Å². The highest BCUT2D eigenvalue weighted by molar-refractivity contribution is 5.97. The molecule has 0 atom stereocenters. The van der Waals surface area contributed by atoms with E-state index in [2.05, 4.69) is 9.97 Å². The van der Waals surface area contributed by atoms with Crippen molar-refractivity contribution in [3.8, 4) is 0 Å². The second-order valence-corrected chi connectivity index (χ2v) is 5.79. The zero-order valence-electron chi connectivity index (χ0n) is 13.7. The molecule has 0 saturated heterocycles. The zero-order chi connectivity index (χ0) is 17.5. The van der Waals surface area contributed by atoms with Crippen LogP contribution in [0.1, 0.15) is 45.3 Å². The van der Waals surface area contributed by atoms with E-state index in [0.29, 0.717) is 11.4 Å². The van der Waals surface area contributed by atoms with Gasteiger partial charge < -0.3 is 0 Å². The fraction of sp³-hybridized carbons (Fsp3) is 0.143. The Kier molecular flexibility index (Phi) is 5.42. The molecule has 25 heavy (non-hydrogen) atoms. The average Bonchev–Trinajstić information content (AvgIpc) is 2.69. The first-order valence-electron chi connectivity index (χ1n) is 8.17. The van der Waals surface area contributed by atoms with E-state index in [4.69, 9.17) is 0 Å². The Hall–Kier alpha value is -3.14. The Morgan fingerprint density at radius 2 is 1.16 bits per heavy atom. The van der Waals surface area contributed by atoms with Gasteiger partial charge in [0, 0.05) is 25.2 Å². The minimum Gasteiger partial charge on any atom is -0.292 e. The molecule has 0 aliphatic heterocycles. The summed E-state index contributed by atoms with van der Waals surface area (Å²) in [5.74, 6) is -0.336. The third-order valence-corrected chi connectivity index (χ3v) is 4.04. The summed E-state index contributed by atoms with van der Waals surface area (Å²) in [5, 5.41) is 0. The van der Waals surface area contributed by atoms with Crippen LogP contribution < -0.4 is 0 Å². The van der Waals surface area contributed by atoms with Crippen molar-refractivity contribution in [3.05, 3.63) is 96.1 Å². The van der Waals surface area contributed by atoms with E-state index in [1.807, 2.05) is 30.3 Å². The first-order chi connectivity index (χ1) is 12.2. The number of ketones is 2. The van der Waals surface area contributed by atoms with Crippen molar-refractivity contribution >= 4 is 11.6 Å². The molecule has 0 N–H and O–H groups in total. The van der Waals surface area contributed by atoms with Crippen molar-refractivity contribution in [3.63, 3.8) is 0 Å². The third kappa shape index (κ3) is 4.44. The molecule has 0 aliphatic carbocycles. The number of hydrogen-bond acceptors (Lipinski definition) is 4. The summed E-state index contributed by atoms with van der Waals surface area (Å²) < 4.78 is 0. The van der Waals surface area contributed by atoms with Crippen LogP contribution >= 0.6 is 0 Å². The molecule has 0 amide bonds. The standard InChI is InChI=1S/C21H18N2O2/c24-20(18-10-4-6-12-22-18)14-17(16-8-2-1-3-9-16)15-21(25)19-11-5-7-13-23-19/h1-13,17H,14-15H2. The van der Waals surface area contributed by atoms with Gasteiger partial charge in [-0.25, -0.2) is 0 Å². The Morgan fingerprint density at radius 1 is 0.680 bits per heavy atom. The fourth-order valence-corrected chi connectivity index (χ4v) is 2.75. The summed E-state index contributed by atoms with van der Waals surface area (Å²) in [6.45, 7) is 0. The van der Waals surface area contributed by atoms with Gasteiger partial charge in [-0.2, -0.15) is 0 Å². The number of pyridine rings is 2. The molecule has 2 heterocycles. The maximum atomic E-state index is 12.6. The minimum absolute atomic E-state index is 0.0664. The van der Waals surface area contributed by atoms with Crippen LogP contribution in [0.4, 0.5) is 0 Å². The van der Waals surface area contributed by atoms with E-state index in [1.54, 1.807) is 48.8 Å². The first-order valence-corrected chi connectivity index (χ1v) is 8.17. The quantitative estimate of drug-likeness (QED) is 0.612. The van der Waals surface area contributed by atoms with Crippen molar-refractivity contribution < 1.29 is 9.59 Å². The Labute approximate surface area is 146 Å². The normalized spacial score (nSPS) is 10.6. The van der Waals surface area contributed by atoms with E-state index in [1.165, 1.54) is 0 Å². The second-order valence-electron chi connectivity index (χ2n) is 5.79. The topological polar surface area (TPSA) is 59.9 Å². The lowest BCUT2D eigenvalue weighted by Gasteiger charge is -2.16. The number of aromatic nitrogens is 2. The van der Waals surface area contributed by atoms with Gasteiger partial charge in [-0.15, -0.1) is 0 Å². The van der Waals surface area contributed by atoms with Crippen LogP contribution in [0.15, 0.2) is 79.1 Å². The van der Waals surface area contributed by atoms with Gasteiger partial charge in [0.05, 0.1) is 0 Å². The van der Waals surface area contributed by atoms with Gasteiger partial charge in [-0.1, -0.05) is 42.5 Å². The predicted octanol–water partition coefficient (Wildman–Crippen LogP) is 4.11. The van der Waals surface area contributed by atoms with E-state index < -0.39 is 0 Å². The highest BCUT2D eigenvalue weighted by Crippen LogP contribution is 2.26. The Bertz CT molecular complexity index is 780.